The summed E-state index contributed by atoms with van der Waals surface area (Å²) in [7, 11) is 0. The predicted molar refractivity (Wildman–Crippen MR) is 68.5 cm³/mol. The van der Waals surface area contributed by atoms with Crippen molar-refractivity contribution in [2.24, 2.45) is 0 Å². The average Bonchev–Trinajstić information content (AvgIpc) is 2.28. The minimum atomic E-state index is -1.01. The Balaban J connectivity index is 2.75. The lowest BCUT2D eigenvalue weighted by atomic mass is 9.97. The van der Waals surface area contributed by atoms with E-state index in [0.717, 1.165) is 16.3 Å². The first kappa shape index (κ1) is 11.4. The van der Waals surface area contributed by atoms with Crippen LogP contribution in [-0.2, 0) is 0 Å². The van der Waals surface area contributed by atoms with Crippen molar-refractivity contribution in [3.63, 3.8) is 0 Å². The Morgan fingerprint density at radius 1 is 1.12 bits per heavy atom. The van der Waals surface area contributed by atoms with E-state index in [-0.39, 0.29) is 5.78 Å². The second-order valence-corrected chi connectivity index (χ2v) is 4.74. The van der Waals surface area contributed by atoms with Gasteiger partial charge >= 0.3 is 0 Å². The Hall–Kier alpha value is -1.05. The number of hydrogen-bond acceptors (Lipinski definition) is 1. The molecule has 0 saturated heterocycles. The van der Waals surface area contributed by atoms with Crippen LogP contribution in [0.5, 0.6) is 0 Å². The van der Waals surface area contributed by atoms with E-state index in [2.05, 4.69) is 0 Å². The maximum Gasteiger partial charge on any atom is 0.196 e. The van der Waals surface area contributed by atoms with Crippen molar-refractivity contribution < 1.29 is 4.79 Å². The zero-order chi connectivity index (χ0) is 11.7. The SMILES string of the molecule is Cc1ccc2ccccc2c1C(=O)C(Cl)Cl. The average molecular weight is 253 g/mol. The molecule has 1 nitrogen and oxygen atoms in total. The van der Waals surface area contributed by atoms with Crippen molar-refractivity contribution in [3.8, 4) is 0 Å². The van der Waals surface area contributed by atoms with Crippen LogP contribution >= 0.6 is 23.2 Å². The number of aryl methyl sites for hydroxylation is 1. The molecular formula is C13H10Cl2O. The normalized spacial score (nSPS) is 11.0. The molecule has 0 spiro atoms. The van der Waals surface area contributed by atoms with E-state index in [1.807, 2.05) is 43.3 Å². The molecule has 0 N–H and O–H groups in total. The minimum absolute atomic E-state index is 0.238. The van der Waals surface area contributed by atoms with Crippen LogP contribution < -0.4 is 0 Å². The molecule has 2 aromatic rings. The number of carbonyl (C=O) groups is 1. The number of benzene rings is 2. The molecule has 0 heterocycles. The Labute approximate surface area is 104 Å². The second kappa shape index (κ2) is 4.44. The molecule has 2 rings (SSSR count). The highest BCUT2D eigenvalue weighted by Crippen LogP contribution is 2.25. The van der Waals surface area contributed by atoms with Crippen LogP contribution in [0.1, 0.15) is 15.9 Å². The van der Waals surface area contributed by atoms with Gasteiger partial charge in [0, 0.05) is 5.56 Å². The highest BCUT2D eigenvalue weighted by atomic mass is 35.5. The number of hydrogen-bond donors (Lipinski definition) is 0. The van der Waals surface area contributed by atoms with E-state index < -0.39 is 4.84 Å². The van der Waals surface area contributed by atoms with Gasteiger partial charge in [-0.1, -0.05) is 59.6 Å². The quantitative estimate of drug-likeness (QED) is 0.580. The van der Waals surface area contributed by atoms with Crippen LogP contribution in [-0.4, -0.2) is 10.6 Å². The van der Waals surface area contributed by atoms with Crippen molar-refractivity contribution in [2.75, 3.05) is 0 Å². The van der Waals surface area contributed by atoms with Crippen molar-refractivity contribution in [2.45, 2.75) is 11.8 Å². The van der Waals surface area contributed by atoms with E-state index in [1.54, 1.807) is 0 Å². The summed E-state index contributed by atoms with van der Waals surface area (Å²) in [6, 6.07) is 11.6. The first-order chi connectivity index (χ1) is 7.61. The molecule has 0 radical (unpaired) electrons. The fraction of sp³-hybridized carbons (Fsp3) is 0.154. The lowest BCUT2D eigenvalue weighted by molar-refractivity contribution is 0.101. The fourth-order valence-corrected chi connectivity index (χ4v) is 2.03. The first-order valence-electron chi connectivity index (χ1n) is 4.92. The van der Waals surface area contributed by atoms with Crippen LogP contribution in [0.25, 0.3) is 10.8 Å². The summed E-state index contributed by atoms with van der Waals surface area (Å²) >= 11 is 11.3. The lowest BCUT2D eigenvalue weighted by Gasteiger charge is -2.09. The standard InChI is InChI=1S/C13H10Cl2O/c1-8-6-7-9-4-2-3-5-10(9)11(8)12(16)13(14)15/h2-7,13H,1H3. The zero-order valence-electron chi connectivity index (χ0n) is 8.71. The molecule has 0 aliphatic rings. The Kier molecular flexibility index (Phi) is 3.17. The van der Waals surface area contributed by atoms with Crippen molar-refractivity contribution in [1.29, 1.82) is 0 Å². The third kappa shape index (κ3) is 1.93. The van der Waals surface area contributed by atoms with Crippen LogP contribution in [0.2, 0.25) is 0 Å². The molecule has 0 unspecified atom stereocenters. The van der Waals surface area contributed by atoms with Crippen LogP contribution in [0.3, 0.4) is 0 Å². The van der Waals surface area contributed by atoms with E-state index in [1.165, 1.54) is 0 Å². The van der Waals surface area contributed by atoms with Gasteiger partial charge < -0.3 is 0 Å². The van der Waals surface area contributed by atoms with Crippen molar-refractivity contribution in [3.05, 3.63) is 47.5 Å². The van der Waals surface area contributed by atoms with E-state index >= 15 is 0 Å². The van der Waals surface area contributed by atoms with Crippen LogP contribution in [0.15, 0.2) is 36.4 Å². The molecule has 3 heteroatoms. The van der Waals surface area contributed by atoms with Gasteiger partial charge in [0.25, 0.3) is 0 Å². The molecule has 16 heavy (non-hydrogen) atoms. The van der Waals surface area contributed by atoms with Gasteiger partial charge in [-0.2, -0.15) is 0 Å². The molecule has 82 valence electrons. The van der Waals surface area contributed by atoms with Crippen molar-refractivity contribution >= 4 is 39.8 Å². The molecule has 0 atom stereocenters. The van der Waals surface area contributed by atoms with Gasteiger partial charge in [-0.3, -0.25) is 4.79 Å². The lowest BCUT2D eigenvalue weighted by Crippen LogP contribution is -2.10. The third-order valence-electron chi connectivity index (χ3n) is 2.58. The zero-order valence-corrected chi connectivity index (χ0v) is 10.2. The first-order valence-corrected chi connectivity index (χ1v) is 5.79. The smallest absolute Gasteiger partial charge is 0.196 e. The molecule has 0 amide bonds. The van der Waals surface area contributed by atoms with Gasteiger partial charge in [-0.05, 0) is 23.3 Å². The van der Waals surface area contributed by atoms with Gasteiger partial charge in [0.05, 0.1) is 0 Å². The predicted octanol–water partition coefficient (Wildman–Crippen LogP) is 4.13. The molecule has 0 aromatic heterocycles. The number of halogens is 2. The maximum absolute atomic E-state index is 11.9. The molecule has 0 aliphatic heterocycles. The fourth-order valence-electron chi connectivity index (χ4n) is 1.82. The van der Waals surface area contributed by atoms with Gasteiger partial charge in [0.1, 0.15) is 0 Å². The number of fused-ring (bicyclic) bond motifs is 1. The molecule has 0 aliphatic carbocycles. The van der Waals surface area contributed by atoms with Gasteiger partial charge in [-0.15, -0.1) is 0 Å². The molecule has 0 bridgehead atoms. The van der Waals surface area contributed by atoms with Crippen molar-refractivity contribution in [1.82, 2.24) is 0 Å². The van der Waals surface area contributed by atoms with Gasteiger partial charge in [0.2, 0.25) is 0 Å². The molecular weight excluding hydrogens is 243 g/mol. The van der Waals surface area contributed by atoms with Crippen LogP contribution in [0.4, 0.5) is 0 Å². The van der Waals surface area contributed by atoms with E-state index in [0.29, 0.717) is 5.56 Å². The molecule has 0 fully saturated rings. The summed E-state index contributed by atoms with van der Waals surface area (Å²) in [6.45, 7) is 1.88. The summed E-state index contributed by atoms with van der Waals surface area (Å²) in [5, 5.41) is 1.92. The Bertz CT molecular complexity index is 547. The summed E-state index contributed by atoms with van der Waals surface area (Å²) < 4.78 is 0. The minimum Gasteiger partial charge on any atom is -0.291 e. The second-order valence-electron chi connectivity index (χ2n) is 3.64. The van der Waals surface area contributed by atoms with E-state index in [4.69, 9.17) is 23.2 Å². The maximum atomic E-state index is 11.9. The number of rotatable bonds is 2. The third-order valence-corrected chi connectivity index (χ3v) is 2.98. The molecule has 2 aromatic carbocycles. The number of alkyl halides is 2. The summed E-state index contributed by atoms with van der Waals surface area (Å²) in [5.41, 5.74) is 1.52. The van der Waals surface area contributed by atoms with Crippen LogP contribution in [0, 0.1) is 6.92 Å². The number of ketones is 1. The largest absolute Gasteiger partial charge is 0.291 e. The van der Waals surface area contributed by atoms with Gasteiger partial charge in [0.15, 0.2) is 10.6 Å². The summed E-state index contributed by atoms with van der Waals surface area (Å²) in [6.07, 6.45) is 0. The summed E-state index contributed by atoms with van der Waals surface area (Å²) in [4.78, 5) is 10.9. The summed E-state index contributed by atoms with van der Waals surface area (Å²) in [5.74, 6) is -0.238. The molecule has 0 saturated carbocycles. The highest BCUT2D eigenvalue weighted by molar-refractivity contribution is 6.56. The highest BCUT2D eigenvalue weighted by Gasteiger charge is 2.18. The number of carbonyl (C=O) groups excluding carboxylic acids is 1. The van der Waals surface area contributed by atoms with E-state index in [9.17, 15) is 4.79 Å². The Morgan fingerprint density at radius 2 is 1.81 bits per heavy atom. The topological polar surface area (TPSA) is 17.1 Å². The van der Waals surface area contributed by atoms with Gasteiger partial charge in [-0.25, -0.2) is 0 Å². The Morgan fingerprint density at radius 3 is 2.50 bits per heavy atom. The monoisotopic (exact) mass is 252 g/mol. The number of Topliss-reactive ketones (excluding diaryl/α,β-unsaturated/α-hetero) is 1.